The van der Waals surface area contributed by atoms with Gasteiger partial charge in [0.25, 0.3) is 0 Å². The van der Waals surface area contributed by atoms with Crippen LogP contribution in [0.4, 0.5) is 0 Å². The van der Waals surface area contributed by atoms with Gasteiger partial charge in [0.05, 0.1) is 0 Å². The first-order valence-electron chi connectivity index (χ1n) is 3.09. The van der Waals surface area contributed by atoms with Gasteiger partial charge in [-0.3, -0.25) is 0 Å². The maximum absolute atomic E-state index is 5.72. The van der Waals surface area contributed by atoms with E-state index in [1.807, 2.05) is 0 Å². The Hall–Kier alpha value is -0.0400. The van der Waals surface area contributed by atoms with Crippen LogP contribution < -0.4 is 5.73 Å². The molecule has 0 amide bonds. The van der Waals surface area contributed by atoms with Gasteiger partial charge >= 0.3 is 0 Å². The van der Waals surface area contributed by atoms with Gasteiger partial charge in [-0.05, 0) is 31.1 Å². The summed E-state index contributed by atoms with van der Waals surface area (Å²) in [6.45, 7) is 0. The van der Waals surface area contributed by atoms with E-state index in [0.717, 1.165) is 0 Å². The van der Waals surface area contributed by atoms with Crippen LogP contribution in [0.3, 0.4) is 0 Å². The molecular weight excluding hydrogens is 86.1 g/mol. The van der Waals surface area contributed by atoms with Crippen LogP contribution in [0.1, 0.15) is 25.7 Å². The molecule has 2 aliphatic carbocycles. The van der Waals surface area contributed by atoms with E-state index in [1.54, 1.807) is 0 Å². The Morgan fingerprint density at radius 2 is 2.00 bits per heavy atom. The Morgan fingerprint density at radius 3 is 2.00 bits per heavy atom. The highest BCUT2D eigenvalue weighted by Crippen LogP contribution is 2.59. The smallest absolute Gasteiger partial charge is 0.00957 e. The minimum atomic E-state index is 0.590. The zero-order valence-corrected chi connectivity index (χ0v) is 4.48. The van der Waals surface area contributed by atoms with E-state index in [2.05, 4.69) is 0 Å². The first-order chi connectivity index (χ1) is 3.33. The SMILES string of the molecule is N[C@H]1CCC12CC2. The van der Waals surface area contributed by atoms with Gasteiger partial charge in [0.2, 0.25) is 0 Å². The molecule has 0 aromatic rings. The Balaban J connectivity index is 2.09. The van der Waals surface area contributed by atoms with Gasteiger partial charge in [-0.1, -0.05) is 0 Å². The molecule has 0 heterocycles. The Bertz CT molecular complexity index is 94.4. The Kier molecular flexibility index (Phi) is 0.487. The highest BCUT2D eigenvalue weighted by molar-refractivity contribution is 5.08. The topological polar surface area (TPSA) is 26.0 Å². The Labute approximate surface area is 43.9 Å². The Morgan fingerprint density at radius 1 is 1.29 bits per heavy atom. The maximum atomic E-state index is 5.72. The molecule has 0 aromatic heterocycles. The summed E-state index contributed by atoms with van der Waals surface area (Å²) in [5, 5.41) is 0. The molecule has 7 heavy (non-hydrogen) atoms. The van der Waals surface area contributed by atoms with E-state index in [9.17, 15) is 0 Å². The molecule has 2 fully saturated rings. The summed E-state index contributed by atoms with van der Waals surface area (Å²) in [6.07, 6.45) is 5.57. The van der Waals surface area contributed by atoms with E-state index in [1.165, 1.54) is 25.7 Å². The van der Waals surface area contributed by atoms with Crippen LogP contribution in [0, 0.1) is 5.41 Å². The van der Waals surface area contributed by atoms with E-state index in [0.29, 0.717) is 11.5 Å². The van der Waals surface area contributed by atoms with Gasteiger partial charge < -0.3 is 5.73 Å². The fourth-order valence-corrected chi connectivity index (χ4v) is 1.50. The van der Waals surface area contributed by atoms with Crippen molar-refractivity contribution < 1.29 is 0 Å². The first kappa shape index (κ1) is 3.90. The van der Waals surface area contributed by atoms with Gasteiger partial charge in [0.1, 0.15) is 0 Å². The van der Waals surface area contributed by atoms with Crippen LogP contribution in [-0.2, 0) is 0 Å². The van der Waals surface area contributed by atoms with Gasteiger partial charge in [-0.25, -0.2) is 0 Å². The molecule has 0 radical (unpaired) electrons. The third kappa shape index (κ3) is 0.325. The van der Waals surface area contributed by atoms with Crippen molar-refractivity contribution in [1.82, 2.24) is 0 Å². The number of nitrogens with two attached hydrogens (primary N) is 1. The van der Waals surface area contributed by atoms with Crippen molar-refractivity contribution in [2.45, 2.75) is 31.7 Å². The van der Waals surface area contributed by atoms with Crippen LogP contribution in [0.25, 0.3) is 0 Å². The average molecular weight is 97.2 g/mol. The predicted molar refractivity (Wildman–Crippen MR) is 28.9 cm³/mol. The molecule has 2 N–H and O–H groups in total. The fraction of sp³-hybridized carbons (Fsp3) is 1.00. The fourth-order valence-electron chi connectivity index (χ4n) is 1.50. The summed E-state index contributed by atoms with van der Waals surface area (Å²) < 4.78 is 0. The van der Waals surface area contributed by atoms with Crippen LogP contribution in [0.15, 0.2) is 0 Å². The summed E-state index contributed by atoms with van der Waals surface area (Å²) in [6, 6.07) is 0.590. The van der Waals surface area contributed by atoms with E-state index < -0.39 is 0 Å². The molecule has 0 aliphatic heterocycles. The van der Waals surface area contributed by atoms with Crippen molar-refractivity contribution in [3.63, 3.8) is 0 Å². The molecule has 0 bridgehead atoms. The summed E-state index contributed by atoms with van der Waals surface area (Å²) >= 11 is 0. The molecule has 1 nitrogen and oxygen atoms in total. The van der Waals surface area contributed by atoms with E-state index in [-0.39, 0.29) is 0 Å². The molecule has 2 rings (SSSR count). The van der Waals surface area contributed by atoms with Gasteiger partial charge in [0, 0.05) is 6.04 Å². The van der Waals surface area contributed by atoms with Crippen LogP contribution in [0.5, 0.6) is 0 Å². The second-order valence-corrected chi connectivity index (χ2v) is 3.01. The molecule has 1 atom stereocenters. The lowest BCUT2D eigenvalue weighted by Crippen LogP contribution is -2.40. The molecule has 0 aromatic carbocycles. The third-order valence-corrected chi connectivity index (χ3v) is 2.63. The largest absolute Gasteiger partial charge is 0.327 e. The zero-order valence-electron chi connectivity index (χ0n) is 4.48. The van der Waals surface area contributed by atoms with Gasteiger partial charge in [-0.15, -0.1) is 0 Å². The quantitative estimate of drug-likeness (QED) is 0.477. The van der Waals surface area contributed by atoms with Crippen molar-refractivity contribution in [2.75, 3.05) is 0 Å². The van der Waals surface area contributed by atoms with Gasteiger partial charge in [-0.2, -0.15) is 0 Å². The summed E-state index contributed by atoms with van der Waals surface area (Å²) in [5.74, 6) is 0. The average Bonchev–Trinajstić information content (AvgIpc) is 2.40. The lowest BCUT2D eigenvalue weighted by Gasteiger charge is -2.33. The summed E-state index contributed by atoms with van der Waals surface area (Å²) in [5.41, 5.74) is 6.43. The third-order valence-electron chi connectivity index (χ3n) is 2.63. The lowest BCUT2D eigenvalue weighted by atomic mass is 9.77. The highest BCUT2D eigenvalue weighted by atomic mass is 14.8. The minimum Gasteiger partial charge on any atom is -0.327 e. The summed E-state index contributed by atoms with van der Waals surface area (Å²) in [4.78, 5) is 0. The number of hydrogen-bond donors (Lipinski definition) is 1. The molecule has 2 saturated carbocycles. The van der Waals surface area contributed by atoms with Crippen LogP contribution in [-0.4, -0.2) is 6.04 Å². The van der Waals surface area contributed by atoms with Crippen molar-refractivity contribution in [3.05, 3.63) is 0 Å². The zero-order chi connectivity index (χ0) is 4.91. The lowest BCUT2D eigenvalue weighted by molar-refractivity contribution is 0.230. The molecule has 0 saturated heterocycles. The second-order valence-electron chi connectivity index (χ2n) is 3.01. The normalized spacial score (nSPS) is 43.3. The van der Waals surface area contributed by atoms with Crippen molar-refractivity contribution in [1.29, 1.82) is 0 Å². The van der Waals surface area contributed by atoms with E-state index in [4.69, 9.17) is 5.73 Å². The predicted octanol–water partition coefficient (Wildman–Crippen LogP) is 0.888. The van der Waals surface area contributed by atoms with Crippen molar-refractivity contribution in [2.24, 2.45) is 11.1 Å². The highest BCUT2D eigenvalue weighted by Gasteiger charge is 2.53. The maximum Gasteiger partial charge on any atom is 0.00957 e. The molecule has 2 aliphatic rings. The number of hydrogen-bond acceptors (Lipinski definition) is 1. The van der Waals surface area contributed by atoms with E-state index >= 15 is 0 Å². The molecule has 1 heteroatoms. The molecular formula is C6H11N. The molecule has 40 valence electrons. The second kappa shape index (κ2) is 0.873. The van der Waals surface area contributed by atoms with Crippen molar-refractivity contribution in [3.8, 4) is 0 Å². The molecule has 0 unspecified atom stereocenters. The standard InChI is InChI=1S/C6H11N/c7-5-1-2-6(5)3-4-6/h5H,1-4,7H2/t5-/m0/s1. The van der Waals surface area contributed by atoms with Crippen molar-refractivity contribution >= 4 is 0 Å². The first-order valence-corrected chi connectivity index (χ1v) is 3.09. The van der Waals surface area contributed by atoms with Crippen LogP contribution >= 0.6 is 0 Å². The summed E-state index contributed by atoms with van der Waals surface area (Å²) in [7, 11) is 0. The number of rotatable bonds is 0. The van der Waals surface area contributed by atoms with Crippen LogP contribution in [0.2, 0.25) is 0 Å². The molecule has 1 spiro atoms. The van der Waals surface area contributed by atoms with Gasteiger partial charge in [0.15, 0.2) is 0 Å². The minimum absolute atomic E-state index is 0.590. The monoisotopic (exact) mass is 97.1 g/mol.